The summed E-state index contributed by atoms with van der Waals surface area (Å²) in [6.07, 6.45) is 0. The Morgan fingerprint density at radius 1 is 0.909 bits per heavy atom. The topological polar surface area (TPSA) is 125 Å². The van der Waals surface area contributed by atoms with Gasteiger partial charge in [-0.3, -0.25) is 20.2 Å². The minimum Gasteiger partial charge on any atom is -0.258 e. The number of rotatable bonds is 4. The van der Waals surface area contributed by atoms with Gasteiger partial charge in [-0.15, -0.1) is 0 Å². The SMILES string of the molecule is O=[N+]([O-])c1ccc(Sc2ccc([N+](=O)[O-])c3nonc23)cc1. The van der Waals surface area contributed by atoms with E-state index in [1.165, 1.54) is 36.0 Å². The number of nitro groups is 2. The Labute approximate surface area is 126 Å². The minimum atomic E-state index is -0.563. The van der Waals surface area contributed by atoms with Gasteiger partial charge >= 0.3 is 5.69 Å². The number of fused-ring (bicyclic) bond motifs is 1. The fourth-order valence-corrected chi connectivity index (χ4v) is 2.72. The Kier molecular flexibility index (Phi) is 3.43. The van der Waals surface area contributed by atoms with Crippen LogP contribution in [0, 0.1) is 20.2 Å². The quantitative estimate of drug-likeness (QED) is 0.530. The second-order valence-electron chi connectivity index (χ2n) is 4.15. The van der Waals surface area contributed by atoms with Crippen LogP contribution in [0.5, 0.6) is 0 Å². The Balaban J connectivity index is 1.97. The molecule has 0 aliphatic heterocycles. The highest BCUT2D eigenvalue weighted by Gasteiger charge is 2.20. The Hall–Kier alpha value is -3.01. The molecule has 1 aromatic heterocycles. The molecule has 0 N–H and O–H groups in total. The molecule has 0 radical (unpaired) electrons. The van der Waals surface area contributed by atoms with Crippen molar-refractivity contribution >= 4 is 34.2 Å². The Morgan fingerprint density at radius 3 is 2.23 bits per heavy atom. The summed E-state index contributed by atoms with van der Waals surface area (Å²) in [5.74, 6) is 0. The first-order chi connectivity index (χ1) is 10.6. The van der Waals surface area contributed by atoms with Gasteiger partial charge in [-0.2, -0.15) is 0 Å². The number of hydrogen-bond donors (Lipinski definition) is 0. The molecule has 0 saturated heterocycles. The molecule has 3 rings (SSSR count). The molecule has 22 heavy (non-hydrogen) atoms. The lowest BCUT2D eigenvalue weighted by atomic mass is 10.3. The zero-order valence-corrected chi connectivity index (χ0v) is 11.5. The molecular formula is C12H6N4O5S. The van der Waals surface area contributed by atoms with Gasteiger partial charge in [0, 0.05) is 28.0 Å². The molecule has 0 aliphatic rings. The average Bonchev–Trinajstić information content (AvgIpc) is 2.97. The standard InChI is InChI=1S/C12H6N4O5S/c17-15(18)7-1-3-8(4-2-7)22-10-6-5-9(16(19)20)11-12(10)14-21-13-11/h1-6H. The van der Waals surface area contributed by atoms with E-state index in [-0.39, 0.29) is 22.4 Å². The van der Waals surface area contributed by atoms with E-state index in [9.17, 15) is 20.2 Å². The van der Waals surface area contributed by atoms with E-state index in [0.717, 1.165) is 4.90 Å². The number of hydrogen-bond acceptors (Lipinski definition) is 8. The third-order valence-corrected chi connectivity index (χ3v) is 3.89. The van der Waals surface area contributed by atoms with Crippen LogP contribution in [0.1, 0.15) is 0 Å². The molecule has 0 aliphatic carbocycles. The van der Waals surface area contributed by atoms with Gasteiger partial charge < -0.3 is 0 Å². The Morgan fingerprint density at radius 2 is 1.59 bits per heavy atom. The van der Waals surface area contributed by atoms with Gasteiger partial charge in [-0.05, 0) is 28.5 Å². The summed E-state index contributed by atoms with van der Waals surface area (Å²) in [6.45, 7) is 0. The number of non-ortho nitro benzene ring substituents is 2. The van der Waals surface area contributed by atoms with Gasteiger partial charge in [0.15, 0.2) is 5.52 Å². The van der Waals surface area contributed by atoms with Crippen LogP contribution in [-0.2, 0) is 0 Å². The second-order valence-corrected chi connectivity index (χ2v) is 5.27. The number of nitrogens with zero attached hydrogens (tertiary/aromatic N) is 4. The highest BCUT2D eigenvalue weighted by Crippen LogP contribution is 2.36. The smallest absolute Gasteiger partial charge is 0.258 e. The maximum Gasteiger partial charge on any atom is 0.300 e. The highest BCUT2D eigenvalue weighted by atomic mass is 32.2. The third kappa shape index (κ3) is 2.46. The van der Waals surface area contributed by atoms with Crippen LogP contribution >= 0.6 is 11.8 Å². The summed E-state index contributed by atoms with van der Waals surface area (Å²) in [5, 5.41) is 28.8. The summed E-state index contributed by atoms with van der Waals surface area (Å²) in [4.78, 5) is 21.8. The summed E-state index contributed by atoms with van der Waals surface area (Å²) >= 11 is 1.25. The van der Waals surface area contributed by atoms with Crippen LogP contribution in [0.15, 0.2) is 50.8 Å². The molecule has 2 aromatic carbocycles. The maximum absolute atomic E-state index is 10.9. The zero-order valence-electron chi connectivity index (χ0n) is 10.7. The van der Waals surface area contributed by atoms with Crippen LogP contribution in [-0.4, -0.2) is 20.2 Å². The first kappa shape index (κ1) is 13.9. The van der Waals surface area contributed by atoms with Crippen molar-refractivity contribution in [2.75, 3.05) is 0 Å². The largest absolute Gasteiger partial charge is 0.300 e. The molecular weight excluding hydrogens is 312 g/mol. The highest BCUT2D eigenvalue weighted by molar-refractivity contribution is 7.99. The third-order valence-electron chi connectivity index (χ3n) is 2.83. The molecule has 0 spiro atoms. The lowest BCUT2D eigenvalue weighted by Gasteiger charge is -2.01. The fourth-order valence-electron chi connectivity index (χ4n) is 1.82. The molecule has 0 fully saturated rings. The molecule has 9 nitrogen and oxygen atoms in total. The van der Waals surface area contributed by atoms with E-state index in [1.54, 1.807) is 12.1 Å². The zero-order chi connectivity index (χ0) is 15.7. The number of nitro benzene ring substituents is 2. The predicted octanol–water partition coefficient (Wildman–Crippen LogP) is 3.19. The summed E-state index contributed by atoms with van der Waals surface area (Å²) in [5.41, 5.74) is 0.139. The summed E-state index contributed by atoms with van der Waals surface area (Å²) in [7, 11) is 0. The van der Waals surface area contributed by atoms with Crippen molar-refractivity contribution in [1.29, 1.82) is 0 Å². The van der Waals surface area contributed by atoms with E-state index in [4.69, 9.17) is 0 Å². The lowest BCUT2D eigenvalue weighted by molar-refractivity contribution is -0.384. The van der Waals surface area contributed by atoms with Crippen LogP contribution in [0.2, 0.25) is 0 Å². The predicted molar refractivity (Wildman–Crippen MR) is 75.7 cm³/mol. The van der Waals surface area contributed by atoms with E-state index in [1.807, 2.05) is 0 Å². The number of aromatic nitrogens is 2. The van der Waals surface area contributed by atoms with Crippen LogP contribution < -0.4 is 0 Å². The van der Waals surface area contributed by atoms with Gasteiger partial charge in [-0.25, -0.2) is 4.63 Å². The van der Waals surface area contributed by atoms with Crippen molar-refractivity contribution < 1.29 is 14.5 Å². The molecule has 3 aromatic rings. The van der Waals surface area contributed by atoms with E-state index in [2.05, 4.69) is 14.9 Å². The average molecular weight is 318 g/mol. The van der Waals surface area contributed by atoms with Crippen LogP contribution in [0.4, 0.5) is 11.4 Å². The van der Waals surface area contributed by atoms with E-state index < -0.39 is 9.85 Å². The van der Waals surface area contributed by atoms with E-state index in [0.29, 0.717) is 4.90 Å². The monoisotopic (exact) mass is 318 g/mol. The summed E-state index contributed by atoms with van der Waals surface area (Å²) in [6, 6.07) is 8.79. The van der Waals surface area contributed by atoms with Crippen molar-refractivity contribution in [2.24, 2.45) is 0 Å². The first-order valence-electron chi connectivity index (χ1n) is 5.88. The van der Waals surface area contributed by atoms with Gasteiger partial charge in [-0.1, -0.05) is 11.8 Å². The Bertz CT molecular complexity index is 877. The molecule has 110 valence electrons. The van der Waals surface area contributed by atoms with Crippen LogP contribution in [0.3, 0.4) is 0 Å². The van der Waals surface area contributed by atoms with E-state index >= 15 is 0 Å². The van der Waals surface area contributed by atoms with Gasteiger partial charge in [0.25, 0.3) is 5.69 Å². The normalized spacial score (nSPS) is 10.7. The molecule has 10 heteroatoms. The van der Waals surface area contributed by atoms with Crippen molar-refractivity contribution in [3.8, 4) is 0 Å². The van der Waals surface area contributed by atoms with Crippen molar-refractivity contribution in [1.82, 2.24) is 10.3 Å². The maximum atomic E-state index is 10.9. The van der Waals surface area contributed by atoms with Crippen LogP contribution in [0.25, 0.3) is 11.0 Å². The van der Waals surface area contributed by atoms with Gasteiger partial charge in [0.1, 0.15) is 0 Å². The van der Waals surface area contributed by atoms with Crippen molar-refractivity contribution in [3.63, 3.8) is 0 Å². The van der Waals surface area contributed by atoms with Crippen molar-refractivity contribution in [2.45, 2.75) is 9.79 Å². The minimum absolute atomic E-state index is 0.0127. The molecule has 0 atom stereocenters. The fraction of sp³-hybridized carbons (Fsp3) is 0. The molecule has 1 heterocycles. The molecule has 0 saturated carbocycles. The molecule has 0 amide bonds. The second kappa shape index (κ2) is 5.41. The first-order valence-corrected chi connectivity index (χ1v) is 6.70. The summed E-state index contributed by atoms with van der Waals surface area (Å²) < 4.78 is 4.58. The molecule has 0 unspecified atom stereocenters. The van der Waals surface area contributed by atoms with Gasteiger partial charge in [0.05, 0.1) is 9.85 Å². The van der Waals surface area contributed by atoms with Crippen molar-refractivity contribution in [3.05, 3.63) is 56.6 Å². The number of benzene rings is 2. The molecule has 0 bridgehead atoms. The van der Waals surface area contributed by atoms with Gasteiger partial charge in [0.2, 0.25) is 5.52 Å². The lowest BCUT2D eigenvalue weighted by Crippen LogP contribution is -1.90.